The van der Waals surface area contributed by atoms with E-state index >= 15 is 0 Å². The molecule has 1 aliphatic heterocycles. The monoisotopic (exact) mass is 543 g/mol. The number of nitrogens with one attached hydrogen (secondary N) is 1. The van der Waals surface area contributed by atoms with E-state index in [9.17, 15) is 18.0 Å². The number of aryl methyl sites for hydroxylation is 2. The molecule has 0 saturated carbocycles. The number of ether oxygens (including phenoxy) is 1. The predicted molar refractivity (Wildman–Crippen MR) is 142 cm³/mol. The van der Waals surface area contributed by atoms with Crippen LogP contribution in [0.15, 0.2) is 70.4 Å². The molecule has 0 bridgehead atoms. The number of hydrogen-bond acceptors (Lipinski definition) is 6. The molecule has 0 aliphatic carbocycles. The predicted octanol–water partition coefficient (Wildman–Crippen LogP) is 4.64. The van der Waals surface area contributed by atoms with Crippen molar-refractivity contribution >= 4 is 60.5 Å². The first-order valence-corrected chi connectivity index (χ1v) is 13.8. The number of carbonyl (C=O) groups excluding carboxylic acids is 1. The van der Waals surface area contributed by atoms with E-state index in [-0.39, 0.29) is 27.8 Å². The summed E-state index contributed by atoms with van der Waals surface area (Å²) in [5.74, 6) is -0.281. The van der Waals surface area contributed by atoms with Crippen molar-refractivity contribution in [1.29, 1.82) is 0 Å². The zero-order valence-corrected chi connectivity index (χ0v) is 21.8. The molecule has 0 fully saturated rings. The number of anilines is 2. The number of rotatable bonds is 5. The number of amides is 1. The van der Waals surface area contributed by atoms with Gasteiger partial charge in [0.05, 0.1) is 27.3 Å². The Labute approximate surface area is 216 Å². The lowest BCUT2D eigenvalue weighted by atomic mass is 10.2. The van der Waals surface area contributed by atoms with Gasteiger partial charge in [-0.25, -0.2) is 8.42 Å². The first kappa shape index (κ1) is 24.4. The molecule has 5 rings (SSSR count). The molecular formula is C25H22ClN3O5S2. The summed E-state index contributed by atoms with van der Waals surface area (Å²) in [5.41, 5.74) is 2.46. The molecule has 3 aromatic carbocycles. The van der Waals surface area contributed by atoms with Crippen molar-refractivity contribution in [3.63, 3.8) is 0 Å². The summed E-state index contributed by atoms with van der Waals surface area (Å²) in [5, 5.41) is 3.14. The molecule has 1 N–H and O–H groups in total. The molecule has 1 aromatic heterocycles. The zero-order valence-electron chi connectivity index (χ0n) is 19.4. The van der Waals surface area contributed by atoms with Crippen LogP contribution in [-0.2, 0) is 21.4 Å². The van der Waals surface area contributed by atoms with Crippen LogP contribution >= 0.6 is 22.9 Å². The standard InChI is InChI=1S/C25H22ClN3O5S2/c1-3-28-19-10-7-17(13-23(19)35-25(28)31)27-24(30)22-14-29(20-12-16(26)6-11-21(20)34-22)36(32,33)18-8-4-15(2)5-9-18/h4-13,22H,3,14H2,1-2H3,(H,27,30)/t22-/m1/s1. The Bertz CT molecular complexity index is 1640. The molecule has 4 aromatic rings. The van der Waals surface area contributed by atoms with Crippen molar-refractivity contribution in [3.05, 3.63) is 80.9 Å². The van der Waals surface area contributed by atoms with Crippen LogP contribution in [0.2, 0.25) is 5.02 Å². The van der Waals surface area contributed by atoms with Gasteiger partial charge in [0.15, 0.2) is 6.10 Å². The molecule has 186 valence electrons. The third kappa shape index (κ3) is 4.36. The van der Waals surface area contributed by atoms with Crippen molar-refractivity contribution < 1.29 is 17.9 Å². The van der Waals surface area contributed by atoms with Crippen molar-refractivity contribution in [3.8, 4) is 5.75 Å². The van der Waals surface area contributed by atoms with Crippen LogP contribution in [0.1, 0.15) is 12.5 Å². The number of benzene rings is 3. The van der Waals surface area contributed by atoms with Gasteiger partial charge in [-0.2, -0.15) is 0 Å². The Hall–Kier alpha value is -3.34. The third-order valence-electron chi connectivity index (χ3n) is 5.94. The highest BCUT2D eigenvalue weighted by Crippen LogP contribution is 2.39. The highest BCUT2D eigenvalue weighted by atomic mass is 35.5. The second-order valence-corrected chi connectivity index (χ2v) is 11.6. The van der Waals surface area contributed by atoms with Crippen molar-refractivity contribution in [2.24, 2.45) is 0 Å². The van der Waals surface area contributed by atoms with Crippen molar-refractivity contribution in [1.82, 2.24) is 4.57 Å². The molecule has 0 saturated heterocycles. The van der Waals surface area contributed by atoms with Crippen LogP contribution in [0.3, 0.4) is 0 Å². The van der Waals surface area contributed by atoms with Crippen LogP contribution in [0.25, 0.3) is 10.2 Å². The Morgan fingerprint density at radius 2 is 1.89 bits per heavy atom. The maximum absolute atomic E-state index is 13.6. The molecule has 0 unspecified atom stereocenters. The average molecular weight is 544 g/mol. The van der Waals surface area contributed by atoms with Crippen LogP contribution in [0, 0.1) is 6.92 Å². The fourth-order valence-corrected chi connectivity index (χ4v) is 6.72. The fourth-order valence-electron chi connectivity index (χ4n) is 4.09. The maximum atomic E-state index is 13.6. The number of carbonyl (C=O) groups is 1. The summed E-state index contributed by atoms with van der Waals surface area (Å²) < 4.78 is 36.6. The second kappa shape index (κ2) is 9.27. The quantitative estimate of drug-likeness (QED) is 0.395. The highest BCUT2D eigenvalue weighted by molar-refractivity contribution is 7.92. The van der Waals surface area contributed by atoms with E-state index < -0.39 is 22.0 Å². The topological polar surface area (TPSA) is 97.7 Å². The Morgan fingerprint density at radius 3 is 2.61 bits per heavy atom. The molecule has 1 atom stereocenters. The molecule has 0 radical (unpaired) electrons. The van der Waals surface area contributed by atoms with Crippen molar-refractivity contribution in [2.75, 3.05) is 16.2 Å². The maximum Gasteiger partial charge on any atom is 0.308 e. The minimum Gasteiger partial charge on any atom is -0.476 e. The molecule has 0 spiro atoms. The molecule has 1 amide bonds. The largest absolute Gasteiger partial charge is 0.476 e. The number of aromatic nitrogens is 1. The number of sulfonamides is 1. The fraction of sp³-hybridized carbons (Fsp3) is 0.200. The minimum atomic E-state index is -4.00. The van der Waals surface area contributed by atoms with Crippen LogP contribution in [0.5, 0.6) is 5.75 Å². The third-order valence-corrected chi connectivity index (χ3v) is 8.91. The van der Waals surface area contributed by atoms with E-state index in [1.54, 1.807) is 47.0 Å². The van der Waals surface area contributed by atoms with Crippen LogP contribution in [0.4, 0.5) is 11.4 Å². The summed E-state index contributed by atoms with van der Waals surface area (Å²) in [6, 6.07) is 16.3. The van der Waals surface area contributed by atoms with Gasteiger partial charge in [0.25, 0.3) is 15.9 Å². The van der Waals surface area contributed by atoms with E-state index in [4.69, 9.17) is 16.3 Å². The Morgan fingerprint density at radius 1 is 1.14 bits per heavy atom. The molecule has 11 heteroatoms. The van der Waals surface area contributed by atoms with E-state index in [1.807, 2.05) is 13.8 Å². The highest BCUT2D eigenvalue weighted by Gasteiger charge is 2.38. The van der Waals surface area contributed by atoms with E-state index in [0.29, 0.717) is 17.3 Å². The SMILES string of the molecule is CCn1c(=O)sc2cc(NC(=O)[C@H]3CN(S(=O)(=O)c4ccc(C)cc4)c4cc(Cl)ccc4O3)ccc21. The average Bonchev–Trinajstić information content (AvgIpc) is 3.17. The lowest BCUT2D eigenvalue weighted by Gasteiger charge is -2.34. The Kier molecular flexibility index (Phi) is 6.27. The van der Waals surface area contributed by atoms with Gasteiger partial charge in [0, 0.05) is 17.3 Å². The van der Waals surface area contributed by atoms with Crippen molar-refractivity contribution in [2.45, 2.75) is 31.4 Å². The number of thiazole rings is 1. The summed E-state index contributed by atoms with van der Waals surface area (Å²) in [4.78, 5) is 25.4. The molecule has 36 heavy (non-hydrogen) atoms. The first-order valence-electron chi connectivity index (χ1n) is 11.2. The van der Waals surface area contributed by atoms with Gasteiger partial charge in [0.2, 0.25) is 0 Å². The lowest BCUT2D eigenvalue weighted by molar-refractivity contribution is -0.122. The lowest BCUT2D eigenvalue weighted by Crippen LogP contribution is -2.48. The first-order chi connectivity index (χ1) is 17.2. The van der Waals surface area contributed by atoms with Gasteiger partial charge in [-0.15, -0.1) is 0 Å². The summed E-state index contributed by atoms with van der Waals surface area (Å²) in [6.07, 6.45) is -1.12. The summed E-state index contributed by atoms with van der Waals surface area (Å²) >= 11 is 7.26. The number of fused-ring (bicyclic) bond motifs is 2. The number of nitrogens with zero attached hydrogens (tertiary/aromatic N) is 2. The van der Waals surface area contributed by atoms with Crippen LogP contribution < -0.4 is 19.2 Å². The zero-order chi connectivity index (χ0) is 25.6. The van der Waals surface area contributed by atoms with Gasteiger partial charge >= 0.3 is 4.87 Å². The normalized spacial score (nSPS) is 15.4. The second-order valence-electron chi connectivity index (χ2n) is 8.35. The number of halogens is 1. The van der Waals surface area contributed by atoms with Gasteiger partial charge in [-0.3, -0.25) is 18.5 Å². The molecule has 2 heterocycles. The summed E-state index contributed by atoms with van der Waals surface area (Å²) in [7, 11) is -4.00. The van der Waals surface area contributed by atoms with Crippen LogP contribution in [-0.4, -0.2) is 31.5 Å². The van der Waals surface area contributed by atoms with Gasteiger partial charge in [0.1, 0.15) is 5.75 Å². The van der Waals surface area contributed by atoms with Gasteiger partial charge < -0.3 is 10.1 Å². The van der Waals surface area contributed by atoms with E-state index in [2.05, 4.69) is 5.32 Å². The molecule has 8 nitrogen and oxygen atoms in total. The number of hydrogen-bond donors (Lipinski definition) is 1. The van der Waals surface area contributed by atoms with Gasteiger partial charge in [-0.05, 0) is 62.4 Å². The minimum absolute atomic E-state index is 0.0705. The summed E-state index contributed by atoms with van der Waals surface area (Å²) in [6.45, 7) is 4.07. The Balaban J connectivity index is 1.47. The molecular weight excluding hydrogens is 522 g/mol. The van der Waals surface area contributed by atoms with E-state index in [0.717, 1.165) is 31.4 Å². The molecule has 1 aliphatic rings. The van der Waals surface area contributed by atoms with E-state index in [1.165, 1.54) is 18.2 Å². The smallest absolute Gasteiger partial charge is 0.308 e. The van der Waals surface area contributed by atoms with Gasteiger partial charge in [-0.1, -0.05) is 40.6 Å².